The molecule has 0 aliphatic rings. The lowest BCUT2D eigenvalue weighted by Crippen LogP contribution is -2.29. The summed E-state index contributed by atoms with van der Waals surface area (Å²) in [5.41, 5.74) is 1.27. The Bertz CT molecular complexity index is 872. The van der Waals surface area contributed by atoms with E-state index in [1.54, 1.807) is 36.4 Å². The zero-order valence-electron chi connectivity index (χ0n) is 15.8. The number of hydrogen-bond donors (Lipinski definition) is 3. The summed E-state index contributed by atoms with van der Waals surface area (Å²) in [5.74, 6) is -0.182. The number of Topliss-reactive ketones (excluding diaryl/α,β-unsaturated/α-hetero) is 1. The van der Waals surface area contributed by atoms with Crippen LogP contribution in [0.3, 0.4) is 0 Å². The van der Waals surface area contributed by atoms with Gasteiger partial charge in [-0.25, -0.2) is 4.79 Å². The zero-order chi connectivity index (χ0) is 21.6. The Hall–Kier alpha value is -1.94. The van der Waals surface area contributed by atoms with E-state index >= 15 is 0 Å². The Morgan fingerprint density at radius 2 is 1.83 bits per heavy atom. The normalized spacial score (nSPS) is 12.9. The molecule has 0 aromatic heterocycles. The van der Waals surface area contributed by atoms with Crippen LogP contribution >= 0.6 is 31.9 Å². The third kappa shape index (κ3) is 6.27. The number of rotatable bonds is 8. The molecular formula is C20H21Br2NO6. The number of carbonyl (C=O) groups is 2. The fraction of sp³-hybridized carbons (Fsp3) is 0.300. The van der Waals surface area contributed by atoms with Gasteiger partial charge in [0.15, 0.2) is 11.9 Å². The number of ketones is 1. The first-order valence-electron chi connectivity index (χ1n) is 8.67. The highest BCUT2D eigenvalue weighted by Crippen LogP contribution is 2.39. The highest BCUT2D eigenvalue weighted by molar-refractivity contribution is 9.11. The fourth-order valence-corrected chi connectivity index (χ4v) is 3.97. The summed E-state index contributed by atoms with van der Waals surface area (Å²) in [5, 5.41) is 22.4. The first-order chi connectivity index (χ1) is 13.8. The molecule has 0 heterocycles. The molecule has 0 saturated carbocycles. The van der Waals surface area contributed by atoms with Gasteiger partial charge < -0.3 is 19.7 Å². The number of amides is 1. The fourth-order valence-electron chi connectivity index (χ4n) is 2.71. The lowest BCUT2D eigenvalue weighted by Gasteiger charge is -2.27. The third-order valence-electron chi connectivity index (χ3n) is 4.19. The van der Waals surface area contributed by atoms with Crippen LogP contribution in [0.1, 0.15) is 35.4 Å². The van der Waals surface area contributed by atoms with Crippen LogP contribution in [0.5, 0.6) is 5.75 Å². The number of aliphatic hydroxyl groups is 1. The number of benzene rings is 2. The Morgan fingerprint density at radius 3 is 2.38 bits per heavy atom. The van der Waals surface area contributed by atoms with Gasteiger partial charge in [0.1, 0.15) is 11.9 Å². The van der Waals surface area contributed by atoms with Gasteiger partial charge in [0.2, 0.25) is 0 Å². The standard InChI is InChI=1S/C20H21Br2NO6/c1-11(25)12-3-5-14(6-4-12)23-20(27)29-19(17(28-2)7-8-24)15-9-13(21)10-16(22)18(15)26/h3-6,9-10,17,19,24,26H,7-8H2,1-2H3,(H,23,27)/t17-,19-/m0/s1. The van der Waals surface area contributed by atoms with Crippen LogP contribution in [0.2, 0.25) is 0 Å². The largest absolute Gasteiger partial charge is 0.506 e. The molecule has 0 radical (unpaired) electrons. The molecule has 2 aromatic carbocycles. The maximum absolute atomic E-state index is 12.5. The van der Waals surface area contributed by atoms with Crippen molar-refractivity contribution in [1.29, 1.82) is 0 Å². The Morgan fingerprint density at radius 1 is 1.17 bits per heavy atom. The second-order valence-electron chi connectivity index (χ2n) is 6.20. The van der Waals surface area contributed by atoms with Crippen molar-refractivity contribution in [2.75, 3.05) is 19.0 Å². The van der Waals surface area contributed by atoms with Gasteiger partial charge in [0.25, 0.3) is 0 Å². The van der Waals surface area contributed by atoms with Crippen LogP contribution in [0.15, 0.2) is 45.3 Å². The van der Waals surface area contributed by atoms with E-state index < -0.39 is 18.3 Å². The van der Waals surface area contributed by atoms with E-state index in [1.807, 2.05) is 0 Å². The number of hydrogen-bond acceptors (Lipinski definition) is 6. The maximum Gasteiger partial charge on any atom is 0.412 e. The molecule has 29 heavy (non-hydrogen) atoms. The third-order valence-corrected chi connectivity index (χ3v) is 5.25. The van der Waals surface area contributed by atoms with Crippen LogP contribution in [-0.4, -0.2) is 41.9 Å². The summed E-state index contributed by atoms with van der Waals surface area (Å²) in [6, 6.07) is 9.62. The maximum atomic E-state index is 12.5. The molecule has 156 valence electrons. The van der Waals surface area contributed by atoms with E-state index in [4.69, 9.17) is 9.47 Å². The molecule has 0 aliphatic heterocycles. The lowest BCUT2D eigenvalue weighted by molar-refractivity contribution is -0.0314. The van der Waals surface area contributed by atoms with Gasteiger partial charge in [-0.1, -0.05) is 15.9 Å². The van der Waals surface area contributed by atoms with Gasteiger partial charge in [-0.05, 0) is 59.3 Å². The topological polar surface area (TPSA) is 105 Å². The smallest absolute Gasteiger partial charge is 0.412 e. The van der Waals surface area contributed by atoms with Crippen LogP contribution in [-0.2, 0) is 9.47 Å². The molecule has 0 aliphatic carbocycles. The molecule has 0 fully saturated rings. The number of phenolic OH excluding ortho intramolecular Hbond substituents is 1. The van der Waals surface area contributed by atoms with Crippen LogP contribution in [0.4, 0.5) is 10.5 Å². The molecule has 7 nitrogen and oxygen atoms in total. The van der Waals surface area contributed by atoms with Gasteiger partial charge >= 0.3 is 6.09 Å². The molecular weight excluding hydrogens is 510 g/mol. The predicted molar refractivity (Wildman–Crippen MR) is 115 cm³/mol. The molecule has 0 unspecified atom stereocenters. The van der Waals surface area contributed by atoms with Crippen molar-refractivity contribution >= 4 is 49.4 Å². The summed E-state index contributed by atoms with van der Waals surface area (Å²) in [7, 11) is 1.43. The first-order valence-corrected chi connectivity index (χ1v) is 10.3. The molecule has 2 aromatic rings. The van der Waals surface area contributed by atoms with Crippen molar-refractivity contribution in [2.24, 2.45) is 0 Å². The van der Waals surface area contributed by atoms with Gasteiger partial charge in [-0.15, -0.1) is 0 Å². The van der Waals surface area contributed by atoms with E-state index in [1.165, 1.54) is 14.0 Å². The first kappa shape index (κ1) is 23.3. The number of aliphatic hydroxyl groups excluding tert-OH is 1. The Kier molecular flexibility index (Phi) is 8.63. The van der Waals surface area contributed by atoms with Crippen LogP contribution in [0, 0.1) is 0 Å². The summed E-state index contributed by atoms with van der Waals surface area (Å²) < 4.78 is 12.0. The number of carbonyl (C=O) groups excluding carboxylic acids is 2. The molecule has 0 bridgehead atoms. The molecule has 0 saturated heterocycles. The minimum absolute atomic E-state index is 0.0816. The Labute approximate surface area is 185 Å². The minimum Gasteiger partial charge on any atom is -0.506 e. The van der Waals surface area contributed by atoms with E-state index in [2.05, 4.69) is 37.2 Å². The molecule has 2 rings (SSSR count). The van der Waals surface area contributed by atoms with E-state index in [9.17, 15) is 19.8 Å². The SMILES string of the molecule is CO[C@@H](CCO)[C@@H](OC(=O)Nc1ccc(C(C)=O)cc1)c1cc(Br)cc(Br)c1O. The van der Waals surface area contributed by atoms with Crippen molar-refractivity contribution in [1.82, 2.24) is 0 Å². The highest BCUT2D eigenvalue weighted by Gasteiger charge is 2.30. The van der Waals surface area contributed by atoms with Crippen LogP contribution < -0.4 is 5.32 Å². The number of nitrogens with one attached hydrogen (secondary N) is 1. The van der Waals surface area contributed by atoms with Crippen LogP contribution in [0.25, 0.3) is 0 Å². The molecule has 1 amide bonds. The van der Waals surface area contributed by atoms with Crippen molar-refractivity contribution < 1.29 is 29.3 Å². The summed E-state index contributed by atoms with van der Waals surface area (Å²) in [4.78, 5) is 23.9. The average Bonchev–Trinajstić information content (AvgIpc) is 2.68. The van der Waals surface area contributed by atoms with Crippen molar-refractivity contribution in [3.05, 3.63) is 56.5 Å². The van der Waals surface area contributed by atoms with Crippen molar-refractivity contribution in [3.8, 4) is 5.75 Å². The second-order valence-corrected chi connectivity index (χ2v) is 7.97. The molecule has 9 heteroatoms. The average molecular weight is 531 g/mol. The quantitative estimate of drug-likeness (QED) is 0.423. The van der Waals surface area contributed by atoms with E-state index in [0.29, 0.717) is 25.8 Å². The second kappa shape index (κ2) is 10.7. The number of anilines is 1. The van der Waals surface area contributed by atoms with E-state index in [0.717, 1.165) is 0 Å². The van der Waals surface area contributed by atoms with Crippen molar-refractivity contribution in [3.63, 3.8) is 0 Å². The number of phenols is 1. The summed E-state index contributed by atoms with van der Waals surface area (Å²) in [6.07, 6.45) is -2.28. The summed E-state index contributed by atoms with van der Waals surface area (Å²) >= 11 is 6.61. The predicted octanol–water partition coefficient (Wildman–Crippen LogP) is 4.81. The number of aromatic hydroxyl groups is 1. The van der Waals surface area contributed by atoms with E-state index in [-0.39, 0.29) is 24.6 Å². The number of halogens is 2. The number of methoxy groups -OCH3 is 1. The molecule has 0 spiro atoms. The van der Waals surface area contributed by atoms with Gasteiger partial charge in [0, 0.05) is 41.4 Å². The summed E-state index contributed by atoms with van der Waals surface area (Å²) in [6.45, 7) is 1.26. The lowest BCUT2D eigenvalue weighted by atomic mass is 10.0. The van der Waals surface area contributed by atoms with Gasteiger partial charge in [0.05, 0.1) is 4.47 Å². The van der Waals surface area contributed by atoms with Gasteiger partial charge in [-0.2, -0.15) is 0 Å². The van der Waals surface area contributed by atoms with Gasteiger partial charge in [-0.3, -0.25) is 10.1 Å². The highest BCUT2D eigenvalue weighted by atomic mass is 79.9. The minimum atomic E-state index is -0.988. The Balaban J connectivity index is 2.27. The number of ether oxygens (including phenoxy) is 2. The van der Waals surface area contributed by atoms with Crippen molar-refractivity contribution in [2.45, 2.75) is 25.6 Å². The monoisotopic (exact) mass is 529 g/mol. The zero-order valence-corrected chi connectivity index (χ0v) is 19.0. The molecule has 3 N–H and O–H groups in total. The molecule has 2 atom stereocenters.